The Kier molecular flexibility index (Phi) is 6.97. The van der Waals surface area contributed by atoms with Crippen LogP contribution in [0.5, 0.6) is 0 Å². The van der Waals surface area contributed by atoms with Crippen molar-refractivity contribution in [1.29, 1.82) is 0 Å². The van der Waals surface area contributed by atoms with Gasteiger partial charge < -0.3 is 10.8 Å². The van der Waals surface area contributed by atoms with Gasteiger partial charge in [-0.15, -0.1) is 11.3 Å². The van der Waals surface area contributed by atoms with E-state index in [0.717, 1.165) is 35.2 Å². The molecule has 6 heteroatoms. The minimum absolute atomic E-state index is 0.248. The average Bonchev–Trinajstić information content (AvgIpc) is 2.80. The predicted molar refractivity (Wildman–Crippen MR) is 80.4 cm³/mol. The Balaban J connectivity index is 2.63. The van der Waals surface area contributed by atoms with Crippen LogP contribution in [0, 0.1) is 0 Å². The number of unbranched alkanes of at least 4 members (excludes halogenated alkanes) is 1. The number of thiophene rings is 1. The van der Waals surface area contributed by atoms with Crippen LogP contribution in [0.2, 0.25) is 0 Å². The molecule has 0 aliphatic rings. The molecule has 3 N–H and O–H groups in total. The van der Waals surface area contributed by atoms with Gasteiger partial charge in [0.1, 0.15) is 0 Å². The molecule has 0 aromatic carbocycles. The molecule has 0 saturated heterocycles. The summed E-state index contributed by atoms with van der Waals surface area (Å²) in [6.45, 7) is 3.84. The van der Waals surface area contributed by atoms with Gasteiger partial charge in [-0.1, -0.05) is 13.3 Å². The van der Waals surface area contributed by atoms with E-state index in [1.165, 1.54) is 11.3 Å². The second-order valence-corrected chi connectivity index (χ2v) is 5.71. The molecule has 1 aromatic rings. The van der Waals surface area contributed by atoms with Gasteiger partial charge in [0.15, 0.2) is 0 Å². The highest BCUT2D eigenvalue weighted by atomic mass is 32.1. The number of carbonyl (C=O) groups is 2. The average molecular weight is 296 g/mol. The number of aliphatic carboxylic acids is 1. The summed E-state index contributed by atoms with van der Waals surface area (Å²) in [4.78, 5) is 25.5. The molecule has 0 unspecified atom stereocenters. The number of carboxylic acid groups (broad SMARTS) is 1. The fraction of sp³-hybridized carbons (Fsp3) is 0.429. The van der Waals surface area contributed by atoms with Gasteiger partial charge >= 0.3 is 5.97 Å². The van der Waals surface area contributed by atoms with E-state index in [-0.39, 0.29) is 12.5 Å². The van der Waals surface area contributed by atoms with Gasteiger partial charge in [-0.05, 0) is 31.2 Å². The van der Waals surface area contributed by atoms with Crippen molar-refractivity contribution >= 4 is 29.3 Å². The van der Waals surface area contributed by atoms with Gasteiger partial charge in [0.2, 0.25) is 5.91 Å². The first-order valence-corrected chi connectivity index (χ1v) is 7.33. The number of carbonyl (C=O) groups excluding carboxylic acids is 1. The van der Waals surface area contributed by atoms with Gasteiger partial charge in [0.25, 0.3) is 0 Å². The fourth-order valence-electron chi connectivity index (χ4n) is 1.76. The van der Waals surface area contributed by atoms with Gasteiger partial charge in [0, 0.05) is 22.4 Å². The van der Waals surface area contributed by atoms with Crippen molar-refractivity contribution in [3.8, 4) is 0 Å². The van der Waals surface area contributed by atoms with Gasteiger partial charge in [0.05, 0.1) is 6.54 Å². The molecule has 5 nitrogen and oxygen atoms in total. The lowest BCUT2D eigenvalue weighted by Crippen LogP contribution is -2.33. The van der Waals surface area contributed by atoms with Crippen LogP contribution in [0.15, 0.2) is 18.2 Å². The second kappa shape index (κ2) is 8.50. The van der Waals surface area contributed by atoms with Crippen molar-refractivity contribution < 1.29 is 14.7 Å². The summed E-state index contributed by atoms with van der Waals surface area (Å²) in [6.07, 6.45) is 4.77. The maximum Gasteiger partial charge on any atom is 0.328 e. The van der Waals surface area contributed by atoms with Crippen LogP contribution in [-0.4, -0.2) is 35.0 Å². The molecule has 1 heterocycles. The maximum absolute atomic E-state index is 11.1. The molecule has 0 fully saturated rings. The molecular weight excluding hydrogens is 276 g/mol. The third-order valence-electron chi connectivity index (χ3n) is 2.66. The van der Waals surface area contributed by atoms with Crippen LogP contribution >= 0.6 is 11.3 Å². The summed E-state index contributed by atoms with van der Waals surface area (Å²) in [6, 6.07) is 3.83. The largest absolute Gasteiger partial charge is 0.478 e. The Bertz CT molecular complexity index is 483. The van der Waals surface area contributed by atoms with Crippen LogP contribution in [-0.2, 0) is 16.1 Å². The monoisotopic (exact) mass is 296 g/mol. The highest BCUT2D eigenvalue weighted by molar-refractivity contribution is 7.12. The highest BCUT2D eigenvalue weighted by Gasteiger charge is 2.10. The SMILES string of the molecule is CCCCN(CC(N)=O)Cc1ccc(C=CC(=O)O)s1. The van der Waals surface area contributed by atoms with Crippen LogP contribution < -0.4 is 5.73 Å². The van der Waals surface area contributed by atoms with Crippen molar-refractivity contribution in [1.82, 2.24) is 4.90 Å². The summed E-state index contributed by atoms with van der Waals surface area (Å²) < 4.78 is 0. The van der Waals surface area contributed by atoms with E-state index in [4.69, 9.17) is 10.8 Å². The minimum atomic E-state index is -0.960. The molecule has 0 aliphatic carbocycles. The Morgan fingerprint density at radius 1 is 1.45 bits per heavy atom. The number of amides is 1. The van der Waals surface area contributed by atoms with E-state index in [2.05, 4.69) is 6.92 Å². The van der Waals surface area contributed by atoms with E-state index in [1.54, 1.807) is 6.08 Å². The molecule has 0 bridgehead atoms. The molecule has 0 saturated carbocycles. The molecule has 1 amide bonds. The third kappa shape index (κ3) is 6.49. The van der Waals surface area contributed by atoms with Crippen LogP contribution in [0.1, 0.15) is 29.5 Å². The highest BCUT2D eigenvalue weighted by Crippen LogP contribution is 2.19. The summed E-state index contributed by atoms with van der Waals surface area (Å²) in [7, 11) is 0. The molecule has 0 aliphatic heterocycles. The molecule has 0 spiro atoms. The fourth-order valence-corrected chi connectivity index (χ4v) is 2.72. The van der Waals surface area contributed by atoms with Crippen LogP contribution in [0.4, 0.5) is 0 Å². The molecule has 0 atom stereocenters. The zero-order valence-electron chi connectivity index (χ0n) is 11.5. The zero-order valence-corrected chi connectivity index (χ0v) is 12.4. The van der Waals surface area contributed by atoms with E-state index in [9.17, 15) is 9.59 Å². The number of nitrogens with two attached hydrogens (primary N) is 1. The number of nitrogens with zero attached hydrogens (tertiary/aromatic N) is 1. The van der Waals surface area contributed by atoms with Gasteiger partial charge in [-0.3, -0.25) is 9.69 Å². The quantitative estimate of drug-likeness (QED) is 0.682. The summed E-state index contributed by atoms with van der Waals surface area (Å²) in [5.41, 5.74) is 5.25. The second-order valence-electron chi connectivity index (χ2n) is 4.51. The van der Waals surface area contributed by atoms with Crippen molar-refractivity contribution in [3.05, 3.63) is 28.0 Å². The van der Waals surface area contributed by atoms with E-state index in [1.807, 2.05) is 17.0 Å². The number of carboxylic acids is 1. The first kappa shape index (κ1) is 16.4. The first-order chi connectivity index (χ1) is 9.51. The predicted octanol–water partition coefficient (Wildman–Crippen LogP) is 1.93. The van der Waals surface area contributed by atoms with Crippen molar-refractivity contribution in [2.45, 2.75) is 26.3 Å². The van der Waals surface area contributed by atoms with E-state index >= 15 is 0 Å². The summed E-state index contributed by atoms with van der Waals surface area (Å²) in [5.74, 6) is -1.29. The standard InChI is InChI=1S/C14H20N2O3S/c1-2-3-8-16(10-13(15)17)9-12-5-4-11(20-12)6-7-14(18)19/h4-7H,2-3,8-10H2,1H3,(H2,15,17)(H,18,19). The van der Waals surface area contributed by atoms with E-state index < -0.39 is 5.97 Å². The molecular formula is C14H20N2O3S. The van der Waals surface area contributed by atoms with Crippen molar-refractivity contribution in [3.63, 3.8) is 0 Å². The minimum Gasteiger partial charge on any atom is -0.478 e. The molecule has 0 radical (unpaired) electrons. The van der Waals surface area contributed by atoms with Crippen LogP contribution in [0.25, 0.3) is 6.08 Å². The number of hydrogen-bond donors (Lipinski definition) is 2. The normalized spacial score (nSPS) is 11.3. The zero-order chi connectivity index (χ0) is 15.0. The van der Waals surface area contributed by atoms with Gasteiger partial charge in [-0.25, -0.2) is 4.79 Å². The number of hydrogen-bond acceptors (Lipinski definition) is 4. The Morgan fingerprint density at radius 2 is 2.20 bits per heavy atom. The lowest BCUT2D eigenvalue weighted by atomic mass is 10.3. The molecule has 20 heavy (non-hydrogen) atoms. The Morgan fingerprint density at radius 3 is 2.80 bits per heavy atom. The smallest absolute Gasteiger partial charge is 0.328 e. The summed E-state index contributed by atoms with van der Waals surface area (Å²) >= 11 is 1.52. The molecule has 110 valence electrons. The molecule has 1 rings (SSSR count). The van der Waals surface area contributed by atoms with Gasteiger partial charge in [-0.2, -0.15) is 0 Å². The Hall–Kier alpha value is -1.66. The van der Waals surface area contributed by atoms with Crippen LogP contribution in [0.3, 0.4) is 0 Å². The maximum atomic E-state index is 11.1. The number of primary amides is 1. The first-order valence-electron chi connectivity index (χ1n) is 6.51. The lowest BCUT2D eigenvalue weighted by Gasteiger charge is -2.19. The third-order valence-corrected chi connectivity index (χ3v) is 3.69. The Labute approximate surface area is 122 Å². The summed E-state index contributed by atoms with van der Waals surface area (Å²) in [5, 5.41) is 8.58. The number of rotatable bonds is 9. The molecule has 1 aromatic heterocycles. The van der Waals surface area contributed by atoms with Crippen molar-refractivity contribution in [2.75, 3.05) is 13.1 Å². The van der Waals surface area contributed by atoms with Crippen molar-refractivity contribution in [2.24, 2.45) is 5.73 Å². The lowest BCUT2D eigenvalue weighted by molar-refractivity contribution is -0.131. The van der Waals surface area contributed by atoms with E-state index in [0.29, 0.717) is 6.54 Å². The topological polar surface area (TPSA) is 83.6 Å².